The molecule has 0 N–H and O–H groups in total. The van der Waals surface area contributed by atoms with Crippen LogP contribution >= 0.6 is 11.1 Å². The maximum absolute atomic E-state index is 7.02. The van der Waals surface area contributed by atoms with Crippen molar-refractivity contribution in [2.45, 2.75) is 44.7 Å². The van der Waals surface area contributed by atoms with Gasteiger partial charge in [0, 0.05) is 0 Å². The zero-order valence-corrected chi connectivity index (χ0v) is 11.6. The monoisotopic (exact) mass is 238 g/mol. The van der Waals surface area contributed by atoms with Crippen molar-refractivity contribution in [3.05, 3.63) is 29.8 Å². The van der Waals surface area contributed by atoms with Crippen molar-refractivity contribution >= 4 is 23.6 Å². The molecule has 0 fully saturated rings. The molecule has 82 valence electrons. The molecule has 1 aromatic rings. The van der Waals surface area contributed by atoms with Gasteiger partial charge in [0.2, 0.25) is 0 Å². The molecule has 1 aliphatic heterocycles. The molecule has 15 heavy (non-hydrogen) atoms. The molecule has 0 saturated heterocycles. The molecular weight excluding hydrogens is 220 g/mol. The van der Waals surface area contributed by atoms with E-state index < -0.39 is 7.38 Å². The van der Waals surface area contributed by atoms with Crippen molar-refractivity contribution in [3.8, 4) is 0 Å². The van der Waals surface area contributed by atoms with Gasteiger partial charge in [0.05, 0.1) is 0 Å². The summed E-state index contributed by atoms with van der Waals surface area (Å²) in [4.78, 5) is 0. The molecule has 0 aliphatic carbocycles. The average molecular weight is 239 g/mol. The number of aryl methyl sites for hydroxylation is 1. The minimum absolute atomic E-state index is 0.255. The lowest BCUT2D eigenvalue weighted by Gasteiger charge is -2.41. The topological polar surface area (TPSA) is 0 Å². The predicted molar refractivity (Wildman–Crippen MR) is 70.5 cm³/mol. The minimum atomic E-state index is -1.79. The smallest absolute Gasteiger partial charge is 0.160 e. The summed E-state index contributed by atoms with van der Waals surface area (Å²) in [7, 11) is -1.79. The summed E-state index contributed by atoms with van der Waals surface area (Å²) in [5.41, 5.74) is 1.50. The highest BCUT2D eigenvalue weighted by Gasteiger charge is 2.46. The van der Waals surface area contributed by atoms with E-state index in [0.29, 0.717) is 0 Å². The first-order valence-corrected chi connectivity index (χ1v) is 8.94. The second kappa shape index (κ2) is 3.64. The number of rotatable bonds is 0. The Balaban J connectivity index is 2.55. The third kappa shape index (κ3) is 1.76. The summed E-state index contributed by atoms with van der Waals surface area (Å²) < 4.78 is 0. The van der Waals surface area contributed by atoms with Gasteiger partial charge in [0.25, 0.3) is 0 Å². The van der Waals surface area contributed by atoms with Crippen molar-refractivity contribution in [3.63, 3.8) is 0 Å². The number of hydrogen-bond acceptors (Lipinski definition) is 0. The van der Waals surface area contributed by atoms with Gasteiger partial charge >= 0.3 is 0 Å². The Morgan fingerprint density at radius 1 is 1.20 bits per heavy atom. The molecule has 1 heterocycles. The number of benzene rings is 1. The first-order chi connectivity index (χ1) is 6.95. The molecule has 1 aromatic carbocycles. The molecule has 0 nitrogen and oxygen atoms in total. The molecule has 0 radical (unpaired) electrons. The first-order valence-electron chi connectivity index (χ1n) is 5.72. The second-order valence-corrected chi connectivity index (χ2v) is 11.6. The highest BCUT2D eigenvalue weighted by atomic mass is 35.6. The van der Waals surface area contributed by atoms with Crippen LogP contribution in [0.2, 0.25) is 11.1 Å². The van der Waals surface area contributed by atoms with Gasteiger partial charge in [-0.25, -0.2) is 0 Å². The minimum Gasteiger partial charge on any atom is -0.160 e. The van der Waals surface area contributed by atoms with Gasteiger partial charge in [-0.2, -0.15) is 11.1 Å². The lowest BCUT2D eigenvalue weighted by molar-refractivity contribution is 0.715. The fraction of sp³-hybridized carbons (Fsp3) is 0.538. The third-order valence-corrected chi connectivity index (χ3v) is 11.2. The molecule has 2 heteroatoms. The molecule has 1 atom stereocenters. The van der Waals surface area contributed by atoms with Crippen LogP contribution < -0.4 is 5.19 Å². The molecule has 0 unspecified atom stereocenters. The zero-order valence-electron chi connectivity index (χ0n) is 9.81. The molecular formula is C13H19ClSi. The molecule has 0 amide bonds. The fourth-order valence-corrected chi connectivity index (χ4v) is 7.08. The molecule has 0 saturated carbocycles. The van der Waals surface area contributed by atoms with Crippen LogP contribution in [0.5, 0.6) is 0 Å². The average Bonchev–Trinajstić information content (AvgIpc) is 2.17. The number of fused-ring (bicyclic) bond motifs is 1. The van der Waals surface area contributed by atoms with Gasteiger partial charge in [-0.15, -0.1) is 0 Å². The SMILES string of the molecule is CC(C)(C)[Si@]1(Cl)CCCc2ccccc21. The Labute approximate surface area is 98.4 Å². The van der Waals surface area contributed by atoms with Crippen molar-refractivity contribution < 1.29 is 0 Å². The van der Waals surface area contributed by atoms with E-state index in [4.69, 9.17) is 11.1 Å². The van der Waals surface area contributed by atoms with E-state index in [-0.39, 0.29) is 5.04 Å². The van der Waals surface area contributed by atoms with Crippen LogP contribution in [0, 0.1) is 0 Å². The third-order valence-electron chi connectivity index (χ3n) is 3.60. The maximum atomic E-state index is 7.02. The standard InChI is InChI=1S/C13H19ClSi/c1-13(2,3)15(14)10-6-8-11-7-4-5-9-12(11)15/h4-5,7,9H,6,8,10H2,1-3H3/t15-/m0/s1. The van der Waals surface area contributed by atoms with E-state index in [0.717, 1.165) is 0 Å². The van der Waals surface area contributed by atoms with Crippen molar-refractivity contribution in [1.29, 1.82) is 0 Å². The molecule has 2 rings (SSSR count). The maximum Gasteiger partial charge on any atom is 0.192 e. The van der Waals surface area contributed by atoms with E-state index in [1.807, 2.05) is 0 Å². The Hall–Kier alpha value is -0.273. The van der Waals surface area contributed by atoms with Gasteiger partial charge in [0.1, 0.15) is 0 Å². The van der Waals surface area contributed by atoms with Crippen LogP contribution in [-0.2, 0) is 6.42 Å². The van der Waals surface area contributed by atoms with Crippen molar-refractivity contribution in [2.24, 2.45) is 0 Å². The Morgan fingerprint density at radius 2 is 1.87 bits per heavy atom. The van der Waals surface area contributed by atoms with Crippen LogP contribution in [0.1, 0.15) is 32.8 Å². The molecule has 0 spiro atoms. The van der Waals surface area contributed by atoms with Crippen molar-refractivity contribution in [2.75, 3.05) is 0 Å². The fourth-order valence-electron chi connectivity index (χ4n) is 2.56. The lowest BCUT2D eigenvalue weighted by Crippen LogP contribution is -2.53. The molecule has 0 bridgehead atoms. The molecule has 1 aliphatic rings. The molecule has 0 aromatic heterocycles. The first kappa shape index (κ1) is 11.2. The van der Waals surface area contributed by atoms with Crippen LogP contribution in [0.15, 0.2) is 24.3 Å². The normalized spacial score (nSPS) is 26.1. The Kier molecular flexibility index (Phi) is 2.72. The summed E-state index contributed by atoms with van der Waals surface area (Å²) in [6.07, 6.45) is 2.48. The summed E-state index contributed by atoms with van der Waals surface area (Å²) >= 11 is 7.02. The van der Waals surface area contributed by atoms with Gasteiger partial charge in [-0.1, -0.05) is 51.5 Å². The quantitative estimate of drug-likeness (QED) is 0.476. The highest BCUT2D eigenvalue weighted by Crippen LogP contribution is 2.44. The van der Waals surface area contributed by atoms with E-state index in [9.17, 15) is 0 Å². The number of hydrogen-bond donors (Lipinski definition) is 0. The highest BCUT2D eigenvalue weighted by molar-refractivity contribution is 7.29. The second-order valence-electron chi connectivity index (χ2n) is 5.56. The van der Waals surface area contributed by atoms with Crippen LogP contribution in [0.25, 0.3) is 0 Å². The van der Waals surface area contributed by atoms with Crippen molar-refractivity contribution in [1.82, 2.24) is 0 Å². The Bertz CT molecular complexity index is 367. The lowest BCUT2D eigenvalue weighted by atomic mass is 10.1. The van der Waals surface area contributed by atoms with E-state index in [2.05, 4.69) is 45.0 Å². The summed E-state index contributed by atoms with van der Waals surface area (Å²) in [6, 6.07) is 10.0. The summed E-state index contributed by atoms with van der Waals surface area (Å²) in [5.74, 6) is 0. The predicted octanol–water partition coefficient (Wildman–Crippen LogP) is 3.82. The summed E-state index contributed by atoms with van der Waals surface area (Å²) in [6.45, 7) is 6.90. The van der Waals surface area contributed by atoms with E-state index in [1.165, 1.54) is 29.6 Å². The van der Waals surface area contributed by atoms with E-state index >= 15 is 0 Å². The summed E-state index contributed by atoms with van der Waals surface area (Å²) in [5, 5.41) is 1.75. The van der Waals surface area contributed by atoms with Crippen LogP contribution in [0.4, 0.5) is 0 Å². The van der Waals surface area contributed by atoms with Gasteiger partial charge in [0.15, 0.2) is 7.38 Å². The number of halogens is 1. The van der Waals surface area contributed by atoms with Gasteiger partial charge in [-0.05, 0) is 28.3 Å². The zero-order chi connectivity index (χ0) is 11.1. The van der Waals surface area contributed by atoms with Crippen LogP contribution in [0.3, 0.4) is 0 Å². The van der Waals surface area contributed by atoms with Gasteiger partial charge < -0.3 is 0 Å². The largest absolute Gasteiger partial charge is 0.192 e. The van der Waals surface area contributed by atoms with Crippen LogP contribution in [-0.4, -0.2) is 7.38 Å². The Morgan fingerprint density at radius 3 is 2.53 bits per heavy atom. The van der Waals surface area contributed by atoms with E-state index in [1.54, 1.807) is 0 Å². The van der Waals surface area contributed by atoms with Gasteiger partial charge in [-0.3, -0.25) is 0 Å².